The van der Waals surface area contributed by atoms with Crippen LogP contribution in [0.15, 0.2) is 42.5 Å². The third-order valence-electron chi connectivity index (χ3n) is 4.47. The number of hydrogen-bond acceptors (Lipinski definition) is 4. The quantitative estimate of drug-likeness (QED) is 0.891. The fourth-order valence-electron chi connectivity index (χ4n) is 3.05. The van der Waals surface area contributed by atoms with Crippen LogP contribution in [0, 0.1) is 0 Å². The summed E-state index contributed by atoms with van der Waals surface area (Å²) < 4.78 is 10.4. The van der Waals surface area contributed by atoms with Crippen LogP contribution < -0.4 is 9.47 Å². The summed E-state index contributed by atoms with van der Waals surface area (Å²) in [5.74, 6) is 0.195. The van der Waals surface area contributed by atoms with Gasteiger partial charge in [-0.2, -0.15) is 0 Å². The SMILES string of the molecule is COc1ccc2c(c1)CCN(C(=O)c1ccc(OCC(=O)O)cc1)CC2. The van der Waals surface area contributed by atoms with Crippen LogP contribution in [0.4, 0.5) is 0 Å². The highest BCUT2D eigenvalue weighted by molar-refractivity contribution is 5.94. The average Bonchev–Trinajstić information content (AvgIpc) is 2.88. The molecule has 136 valence electrons. The van der Waals surface area contributed by atoms with Gasteiger partial charge in [-0.1, -0.05) is 6.07 Å². The molecule has 0 saturated heterocycles. The van der Waals surface area contributed by atoms with Crippen molar-refractivity contribution >= 4 is 11.9 Å². The van der Waals surface area contributed by atoms with Gasteiger partial charge in [0, 0.05) is 18.7 Å². The second kappa shape index (κ2) is 7.91. The van der Waals surface area contributed by atoms with Gasteiger partial charge in [0.2, 0.25) is 0 Å². The molecule has 0 unspecified atom stereocenters. The van der Waals surface area contributed by atoms with Crippen molar-refractivity contribution in [3.8, 4) is 11.5 Å². The first-order valence-electron chi connectivity index (χ1n) is 8.46. The predicted octanol–water partition coefficient (Wildman–Crippen LogP) is 2.40. The number of benzene rings is 2. The van der Waals surface area contributed by atoms with Crippen molar-refractivity contribution in [3.63, 3.8) is 0 Å². The zero-order chi connectivity index (χ0) is 18.5. The third kappa shape index (κ3) is 4.14. The molecule has 2 aromatic carbocycles. The van der Waals surface area contributed by atoms with E-state index in [1.54, 1.807) is 31.4 Å². The summed E-state index contributed by atoms with van der Waals surface area (Å²) >= 11 is 0. The standard InChI is InChI=1S/C20H21NO5/c1-25-18-7-2-14-8-10-21(11-9-16(14)12-18)20(24)15-3-5-17(6-4-15)26-13-19(22)23/h2-7,12H,8-11,13H2,1H3,(H,22,23). The van der Waals surface area contributed by atoms with Gasteiger partial charge in [-0.3, -0.25) is 4.79 Å². The number of ether oxygens (including phenoxy) is 2. The number of methoxy groups -OCH3 is 1. The predicted molar refractivity (Wildman–Crippen MR) is 95.9 cm³/mol. The zero-order valence-electron chi connectivity index (χ0n) is 14.6. The Morgan fingerprint density at radius 1 is 1.00 bits per heavy atom. The Hall–Kier alpha value is -3.02. The first kappa shape index (κ1) is 17.8. The van der Waals surface area contributed by atoms with Gasteiger partial charge in [0.1, 0.15) is 11.5 Å². The highest BCUT2D eigenvalue weighted by Gasteiger charge is 2.20. The van der Waals surface area contributed by atoms with Crippen molar-refractivity contribution in [2.24, 2.45) is 0 Å². The van der Waals surface area contributed by atoms with Crippen molar-refractivity contribution in [2.45, 2.75) is 12.8 Å². The van der Waals surface area contributed by atoms with E-state index in [1.165, 1.54) is 11.1 Å². The molecule has 1 aliphatic rings. The Morgan fingerprint density at radius 2 is 1.65 bits per heavy atom. The minimum Gasteiger partial charge on any atom is -0.497 e. The molecule has 0 fully saturated rings. The Kier molecular flexibility index (Phi) is 5.41. The number of carbonyl (C=O) groups is 2. The number of carboxylic acid groups (broad SMARTS) is 1. The number of amides is 1. The molecule has 0 atom stereocenters. The normalized spacial score (nSPS) is 13.5. The fourth-order valence-corrected chi connectivity index (χ4v) is 3.05. The van der Waals surface area contributed by atoms with E-state index in [4.69, 9.17) is 14.6 Å². The number of rotatable bonds is 5. The molecular weight excluding hydrogens is 334 g/mol. The minimum absolute atomic E-state index is 0.0328. The lowest BCUT2D eigenvalue weighted by Gasteiger charge is -2.20. The molecule has 0 spiro atoms. The van der Waals surface area contributed by atoms with Crippen molar-refractivity contribution in [3.05, 3.63) is 59.2 Å². The third-order valence-corrected chi connectivity index (χ3v) is 4.47. The Labute approximate surface area is 152 Å². The first-order valence-corrected chi connectivity index (χ1v) is 8.46. The maximum Gasteiger partial charge on any atom is 0.341 e. The van der Waals surface area contributed by atoms with E-state index in [9.17, 15) is 9.59 Å². The molecule has 2 aromatic rings. The molecule has 0 saturated carbocycles. The molecule has 3 rings (SSSR count). The van der Waals surface area contributed by atoms with Crippen molar-refractivity contribution in [1.82, 2.24) is 4.90 Å². The highest BCUT2D eigenvalue weighted by atomic mass is 16.5. The molecule has 0 radical (unpaired) electrons. The number of aliphatic carboxylic acids is 1. The number of carboxylic acids is 1. The Bertz CT molecular complexity index is 800. The van der Waals surface area contributed by atoms with E-state index in [0.29, 0.717) is 24.4 Å². The maximum absolute atomic E-state index is 12.8. The van der Waals surface area contributed by atoms with Crippen molar-refractivity contribution < 1.29 is 24.2 Å². The van der Waals surface area contributed by atoms with Crippen LogP contribution in [0.1, 0.15) is 21.5 Å². The first-order chi connectivity index (χ1) is 12.6. The summed E-state index contributed by atoms with van der Waals surface area (Å²) in [5, 5.41) is 8.63. The van der Waals surface area contributed by atoms with E-state index in [2.05, 4.69) is 6.07 Å². The van der Waals surface area contributed by atoms with Gasteiger partial charge in [0.15, 0.2) is 6.61 Å². The van der Waals surface area contributed by atoms with Crippen LogP contribution in [0.5, 0.6) is 11.5 Å². The second-order valence-electron chi connectivity index (χ2n) is 6.13. The summed E-state index contributed by atoms with van der Waals surface area (Å²) in [6.45, 7) is 0.910. The van der Waals surface area contributed by atoms with Crippen molar-refractivity contribution in [2.75, 3.05) is 26.8 Å². The molecule has 0 aliphatic carbocycles. The van der Waals surface area contributed by atoms with Gasteiger partial charge in [-0.25, -0.2) is 4.79 Å². The lowest BCUT2D eigenvalue weighted by Crippen LogP contribution is -2.33. The molecule has 6 nitrogen and oxygen atoms in total. The monoisotopic (exact) mass is 355 g/mol. The molecule has 1 aliphatic heterocycles. The van der Waals surface area contributed by atoms with Gasteiger partial charge in [0.05, 0.1) is 7.11 Å². The molecule has 26 heavy (non-hydrogen) atoms. The summed E-state index contributed by atoms with van der Waals surface area (Å²) in [6, 6.07) is 12.6. The van der Waals surface area contributed by atoms with E-state index in [0.717, 1.165) is 18.6 Å². The average molecular weight is 355 g/mol. The van der Waals surface area contributed by atoms with E-state index in [1.807, 2.05) is 17.0 Å². The lowest BCUT2D eigenvalue weighted by molar-refractivity contribution is -0.139. The number of carbonyl (C=O) groups excluding carboxylic acids is 1. The van der Waals surface area contributed by atoms with E-state index in [-0.39, 0.29) is 5.91 Å². The van der Waals surface area contributed by atoms with Crippen LogP contribution in [0.2, 0.25) is 0 Å². The second-order valence-corrected chi connectivity index (χ2v) is 6.13. The van der Waals surface area contributed by atoms with E-state index >= 15 is 0 Å². The summed E-state index contributed by atoms with van der Waals surface area (Å²) in [5.41, 5.74) is 3.03. The molecule has 1 amide bonds. The molecule has 0 bridgehead atoms. The van der Waals surface area contributed by atoms with Crippen LogP contribution in [0.3, 0.4) is 0 Å². The Morgan fingerprint density at radius 3 is 2.31 bits per heavy atom. The van der Waals surface area contributed by atoms with Gasteiger partial charge < -0.3 is 19.5 Å². The summed E-state index contributed by atoms with van der Waals surface area (Å²) in [6.07, 6.45) is 1.60. The molecular formula is C20H21NO5. The largest absolute Gasteiger partial charge is 0.497 e. The van der Waals surface area contributed by atoms with Crippen molar-refractivity contribution in [1.29, 1.82) is 0 Å². The topological polar surface area (TPSA) is 76.1 Å². The number of hydrogen-bond donors (Lipinski definition) is 1. The summed E-state index contributed by atoms with van der Waals surface area (Å²) in [4.78, 5) is 25.1. The number of fused-ring (bicyclic) bond motifs is 1. The summed E-state index contributed by atoms with van der Waals surface area (Å²) in [7, 11) is 1.65. The molecule has 1 N–H and O–H groups in total. The molecule has 1 heterocycles. The van der Waals surface area contributed by atoms with Gasteiger partial charge >= 0.3 is 5.97 Å². The lowest BCUT2D eigenvalue weighted by atomic mass is 10.0. The van der Waals surface area contributed by atoms with Gasteiger partial charge in [-0.05, 0) is 60.4 Å². The zero-order valence-corrected chi connectivity index (χ0v) is 14.6. The van der Waals surface area contributed by atoms with Crippen LogP contribution >= 0.6 is 0 Å². The van der Waals surface area contributed by atoms with Crippen LogP contribution in [-0.4, -0.2) is 48.7 Å². The molecule has 0 aromatic heterocycles. The highest BCUT2D eigenvalue weighted by Crippen LogP contribution is 2.23. The molecule has 6 heteroatoms. The maximum atomic E-state index is 12.8. The number of nitrogens with zero attached hydrogens (tertiary/aromatic N) is 1. The fraction of sp³-hybridized carbons (Fsp3) is 0.300. The van der Waals surface area contributed by atoms with Crippen LogP contribution in [-0.2, 0) is 17.6 Å². The van der Waals surface area contributed by atoms with Gasteiger partial charge in [-0.15, -0.1) is 0 Å². The smallest absolute Gasteiger partial charge is 0.341 e. The minimum atomic E-state index is -1.04. The van der Waals surface area contributed by atoms with E-state index < -0.39 is 12.6 Å². The van der Waals surface area contributed by atoms with Gasteiger partial charge in [0.25, 0.3) is 5.91 Å². The van der Waals surface area contributed by atoms with Crippen LogP contribution in [0.25, 0.3) is 0 Å². The Balaban J connectivity index is 1.66.